The van der Waals surface area contributed by atoms with Gasteiger partial charge in [-0.25, -0.2) is 0 Å². The number of hydrogen-bond acceptors (Lipinski definition) is 1. The molecular formula is C15H16O. The fourth-order valence-electron chi connectivity index (χ4n) is 3.00. The summed E-state index contributed by atoms with van der Waals surface area (Å²) in [5, 5.41) is 0. The molecule has 0 saturated heterocycles. The number of hydrogen-bond donors (Lipinski definition) is 0. The first kappa shape index (κ1) is 9.83. The van der Waals surface area contributed by atoms with Crippen LogP contribution in [0, 0.1) is 11.8 Å². The molecule has 0 N–H and O–H groups in total. The molecule has 2 bridgehead atoms. The number of fused-ring (bicyclic) bond motifs is 3. The Morgan fingerprint density at radius 3 is 2.69 bits per heavy atom. The highest BCUT2D eigenvalue weighted by atomic mass is 16.1. The molecule has 1 saturated carbocycles. The van der Waals surface area contributed by atoms with Crippen molar-refractivity contribution in [2.24, 2.45) is 11.8 Å². The number of Topliss-reactive ketones (excluding diaryl/α,β-unsaturated/α-hetero) is 1. The minimum atomic E-state index is 0.203. The fourth-order valence-corrected chi connectivity index (χ4v) is 3.00. The highest BCUT2D eigenvalue weighted by molar-refractivity contribution is 5.90. The van der Waals surface area contributed by atoms with E-state index in [1.54, 1.807) is 0 Å². The monoisotopic (exact) mass is 212 g/mol. The largest absolute Gasteiger partial charge is 0.299 e. The molecule has 0 heterocycles. The zero-order valence-electron chi connectivity index (χ0n) is 9.36. The van der Waals surface area contributed by atoms with Crippen molar-refractivity contribution in [3.05, 3.63) is 42.0 Å². The molecule has 82 valence electrons. The van der Waals surface area contributed by atoms with Crippen molar-refractivity contribution in [2.75, 3.05) is 0 Å². The molecule has 0 spiro atoms. The van der Waals surface area contributed by atoms with Crippen LogP contribution in [0.3, 0.4) is 0 Å². The van der Waals surface area contributed by atoms with Crippen molar-refractivity contribution >= 4 is 11.4 Å². The van der Waals surface area contributed by atoms with Gasteiger partial charge in [-0.3, -0.25) is 4.79 Å². The molecular weight excluding hydrogens is 196 g/mol. The number of carbonyl (C=O) groups excluding carboxylic acids is 1. The number of rotatable bonds is 1. The third-order valence-corrected chi connectivity index (χ3v) is 3.86. The molecule has 1 nitrogen and oxygen atoms in total. The second-order valence-electron chi connectivity index (χ2n) is 4.89. The summed E-state index contributed by atoms with van der Waals surface area (Å²) in [5.41, 5.74) is 2.73. The van der Waals surface area contributed by atoms with Crippen LogP contribution in [0.1, 0.15) is 31.2 Å². The second kappa shape index (κ2) is 3.89. The van der Waals surface area contributed by atoms with Crippen LogP contribution in [-0.4, -0.2) is 5.78 Å². The zero-order chi connectivity index (χ0) is 11.0. The molecule has 16 heavy (non-hydrogen) atoms. The smallest absolute Gasteiger partial charge is 0.140 e. The van der Waals surface area contributed by atoms with Crippen molar-refractivity contribution in [1.82, 2.24) is 0 Å². The topological polar surface area (TPSA) is 17.1 Å². The van der Waals surface area contributed by atoms with Gasteiger partial charge in [0.15, 0.2) is 0 Å². The molecule has 1 heteroatoms. The van der Waals surface area contributed by atoms with E-state index < -0.39 is 0 Å². The summed E-state index contributed by atoms with van der Waals surface area (Å²) < 4.78 is 0. The molecule has 1 aromatic rings. The lowest BCUT2D eigenvalue weighted by atomic mass is 9.80. The predicted octanol–water partition coefficient (Wildman–Crippen LogP) is 3.46. The average molecular weight is 212 g/mol. The van der Waals surface area contributed by atoms with Gasteiger partial charge in [0.2, 0.25) is 0 Å². The van der Waals surface area contributed by atoms with Gasteiger partial charge in [0.1, 0.15) is 5.78 Å². The molecule has 0 amide bonds. The first-order chi connectivity index (χ1) is 7.84. The number of benzene rings is 1. The molecule has 1 fully saturated rings. The molecule has 0 aromatic heterocycles. The van der Waals surface area contributed by atoms with Crippen LogP contribution >= 0.6 is 0 Å². The van der Waals surface area contributed by atoms with Crippen molar-refractivity contribution < 1.29 is 4.79 Å². The van der Waals surface area contributed by atoms with E-state index in [0.29, 0.717) is 11.7 Å². The van der Waals surface area contributed by atoms with E-state index in [2.05, 4.69) is 30.3 Å². The fraction of sp³-hybridized carbons (Fsp3) is 0.400. The zero-order valence-corrected chi connectivity index (χ0v) is 9.36. The van der Waals surface area contributed by atoms with E-state index in [1.807, 2.05) is 6.07 Å². The maximum absolute atomic E-state index is 11.8. The van der Waals surface area contributed by atoms with Crippen LogP contribution in [0.2, 0.25) is 0 Å². The molecule has 4 rings (SSSR count). The van der Waals surface area contributed by atoms with E-state index in [-0.39, 0.29) is 5.92 Å². The third kappa shape index (κ3) is 1.60. The Balaban J connectivity index is 2.02. The van der Waals surface area contributed by atoms with E-state index in [4.69, 9.17) is 0 Å². The van der Waals surface area contributed by atoms with Crippen LogP contribution in [0.4, 0.5) is 0 Å². The maximum Gasteiger partial charge on any atom is 0.140 e. The summed E-state index contributed by atoms with van der Waals surface area (Å²) in [6.07, 6.45) is 6.45. The highest BCUT2D eigenvalue weighted by Crippen LogP contribution is 2.41. The van der Waals surface area contributed by atoms with Crippen molar-refractivity contribution in [2.45, 2.75) is 25.7 Å². The Labute approximate surface area is 96.2 Å². The van der Waals surface area contributed by atoms with Gasteiger partial charge in [0.25, 0.3) is 0 Å². The van der Waals surface area contributed by atoms with Crippen molar-refractivity contribution in [1.29, 1.82) is 0 Å². The van der Waals surface area contributed by atoms with E-state index in [0.717, 1.165) is 12.8 Å². The second-order valence-corrected chi connectivity index (χ2v) is 4.89. The first-order valence-corrected chi connectivity index (χ1v) is 6.14. The Morgan fingerprint density at radius 1 is 1.06 bits per heavy atom. The van der Waals surface area contributed by atoms with Gasteiger partial charge >= 0.3 is 0 Å². The lowest BCUT2D eigenvalue weighted by Gasteiger charge is -2.23. The summed E-state index contributed by atoms with van der Waals surface area (Å²) >= 11 is 0. The summed E-state index contributed by atoms with van der Waals surface area (Å²) in [4.78, 5) is 11.8. The van der Waals surface area contributed by atoms with Gasteiger partial charge < -0.3 is 0 Å². The first-order valence-electron chi connectivity index (χ1n) is 6.14. The number of ketones is 1. The van der Waals surface area contributed by atoms with Gasteiger partial charge in [0, 0.05) is 12.3 Å². The van der Waals surface area contributed by atoms with Gasteiger partial charge in [-0.1, -0.05) is 42.8 Å². The van der Waals surface area contributed by atoms with Crippen LogP contribution < -0.4 is 0 Å². The molecule has 0 radical (unpaired) electrons. The number of allylic oxidation sites excluding steroid dienone is 2. The normalized spacial score (nSPS) is 28.8. The molecule has 0 aliphatic heterocycles. The van der Waals surface area contributed by atoms with E-state index in [9.17, 15) is 4.79 Å². The van der Waals surface area contributed by atoms with Crippen LogP contribution in [-0.2, 0) is 4.79 Å². The Bertz CT molecular complexity index is 430. The third-order valence-electron chi connectivity index (χ3n) is 3.86. The Kier molecular flexibility index (Phi) is 2.39. The quantitative estimate of drug-likeness (QED) is 0.696. The molecule has 3 aliphatic carbocycles. The highest BCUT2D eigenvalue weighted by Gasteiger charge is 2.32. The maximum atomic E-state index is 11.8. The lowest BCUT2D eigenvalue weighted by molar-refractivity contribution is -0.122. The van der Waals surface area contributed by atoms with Crippen LogP contribution in [0.5, 0.6) is 0 Å². The van der Waals surface area contributed by atoms with Crippen molar-refractivity contribution in [3.8, 4) is 0 Å². The standard InChI is InChI=1S/C15H16O/c16-15-10-12-7-4-8-13(15)9-14(12)11-5-2-1-3-6-11/h1-3,5-6,9,12-13H,4,7-8,10H2/t12-,13-/m1/s1. The summed E-state index contributed by atoms with van der Waals surface area (Å²) in [7, 11) is 0. The van der Waals surface area contributed by atoms with Gasteiger partial charge in [-0.15, -0.1) is 0 Å². The molecule has 0 unspecified atom stereocenters. The molecule has 1 aromatic carbocycles. The Hall–Kier alpha value is -1.37. The summed E-state index contributed by atoms with van der Waals surface area (Å²) in [6, 6.07) is 10.5. The summed E-state index contributed by atoms with van der Waals surface area (Å²) in [5.74, 6) is 1.14. The van der Waals surface area contributed by atoms with Crippen LogP contribution in [0.15, 0.2) is 36.4 Å². The van der Waals surface area contributed by atoms with Gasteiger partial charge in [0.05, 0.1) is 0 Å². The van der Waals surface area contributed by atoms with Gasteiger partial charge in [-0.2, -0.15) is 0 Å². The average Bonchev–Trinajstić information content (AvgIpc) is 2.62. The van der Waals surface area contributed by atoms with E-state index >= 15 is 0 Å². The number of carbonyl (C=O) groups is 1. The van der Waals surface area contributed by atoms with E-state index in [1.165, 1.54) is 24.0 Å². The minimum absolute atomic E-state index is 0.203. The molecule has 3 aliphatic rings. The SMILES string of the molecule is O=C1C[C@H]2CCC[C@@H]1C=C2c1ccccc1. The van der Waals surface area contributed by atoms with Crippen molar-refractivity contribution in [3.63, 3.8) is 0 Å². The Morgan fingerprint density at radius 2 is 1.88 bits per heavy atom. The van der Waals surface area contributed by atoms with Gasteiger partial charge in [-0.05, 0) is 29.9 Å². The summed E-state index contributed by atoms with van der Waals surface area (Å²) in [6.45, 7) is 0. The van der Waals surface area contributed by atoms with Crippen LogP contribution in [0.25, 0.3) is 5.57 Å². The molecule has 2 atom stereocenters. The minimum Gasteiger partial charge on any atom is -0.299 e. The lowest BCUT2D eigenvalue weighted by Crippen LogP contribution is -2.19. The predicted molar refractivity (Wildman–Crippen MR) is 64.9 cm³/mol.